The Morgan fingerprint density at radius 3 is 2.45 bits per heavy atom. The Kier molecular flexibility index (Phi) is 8.02. The Hall–Kier alpha value is -4.31. The van der Waals surface area contributed by atoms with Crippen molar-refractivity contribution in [1.29, 1.82) is 0 Å². The number of rotatable bonds is 9. The number of carbonyl (C=O) groups excluding carboxylic acids is 1. The van der Waals surface area contributed by atoms with Gasteiger partial charge in [-0.3, -0.25) is 4.79 Å². The maximum absolute atomic E-state index is 13.6. The average molecular weight is 525 g/mol. The van der Waals surface area contributed by atoms with Gasteiger partial charge in [0.15, 0.2) is 0 Å². The molecule has 0 bridgehead atoms. The van der Waals surface area contributed by atoms with Crippen LogP contribution in [0.15, 0.2) is 79.0 Å². The van der Waals surface area contributed by atoms with E-state index in [4.69, 9.17) is 9.47 Å². The largest absolute Gasteiger partial charge is 0.497 e. The van der Waals surface area contributed by atoms with Crippen molar-refractivity contribution in [3.05, 3.63) is 90.1 Å². The van der Waals surface area contributed by atoms with Crippen molar-refractivity contribution >= 4 is 11.6 Å². The summed E-state index contributed by atoms with van der Waals surface area (Å²) in [6, 6.07) is 19.4. The number of alkyl halides is 3. The lowest BCUT2D eigenvalue weighted by Gasteiger charge is -2.15. The number of amides is 1. The van der Waals surface area contributed by atoms with Gasteiger partial charge in [0.1, 0.15) is 23.8 Å². The molecule has 4 rings (SSSR count). The highest BCUT2D eigenvalue weighted by Gasteiger charge is 2.32. The van der Waals surface area contributed by atoms with Gasteiger partial charge < -0.3 is 19.7 Å². The first-order valence-electron chi connectivity index (χ1n) is 11.7. The molecule has 0 spiro atoms. The molecule has 4 aromatic rings. The fourth-order valence-corrected chi connectivity index (χ4v) is 3.70. The molecular weight excluding hydrogens is 497 g/mol. The zero-order chi connectivity index (χ0) is 27.3. The highest BCUT2D eigenvalue weighted by molar-refractivity contribution is 6.08. The van der Waals surface area contributed by atoms with E-state index in [1.165, 1.54) is 13.2 Å². The second kappa shape index (κ2) is 11.4. The number of ether oxygens (including phenoxy) is 2. The van der Waals surface area contributed by atoms with Crippen LogP contribution in [-0.4, -0.2) is 54.9 Å². The van der Waals surface area contributed by atoms with Crippen LogP contribution in [0.1, 0.15) is 15.9 Å². The van der Waals surface area contributed by atoms with Crippen LogP contribution in [0.25, 0.3) is 16.9 Å². The van der Waals surface area contributed by atoms with Crippen molar-refractivity contribution in [1.82, 2.24) is 14.7 Å². The molecule has 10 heteroatoms. The molecule has 0 fully saturated rings. The molecule has 0 aliphatic rings. The molecule has 0 radical (unpaired) electrons. The number of carbonyl (C=O) groups is 1. The Balaban J connectivity index is 1.71. The number of hydrogen-bond donors (Lipinski definition) is 1. The number of likely N-dealkylation sites (N-methyl/N-ethyl adjacent to an activating group) is 1. The van der Waals surface area contributed by atoms with E-state index in [0.717, 1.165) is 12.1 Å². The molecule has 198 valence electrons. The third-order valence-electron chi connectivity index (χ3n) is 5.62. The summed E-state index contributed by atoms with van der Waals surface area (Å²) in [7, 11) is 5.19. The monoisotopic (exact) mass is 524 g/mol. The molecule has 0 saturated carbocycles. The first-order chi connectivity index (χ1) is 18.1. The normalized spacial score (nSPS) is 11.4. The summed E-state index contributed by atoms with van der Waals surface area (Å²) in [6.07, 6.45) is -3.08. The van der Waals surface area contributed by atoms with Crippen molar-refractivity contribution in [3.63, 3.8) is 0 Å². The average Bonchev–Trinajstić information content (AvgIpc) is 3.34. The summed E-state index contributed by atoms with van der Waals surface area (Å²) in [5, 5.41) is 7.21. The highest BCUT2D eigenvalue weighted by Crippen LogP contribution is 2.35. The van der Waals surface area contributed by atoms with E-state index >= 15 is 0 Å². The number of methoxy groups -OCH3 is 1. The predicted octanol–water partition coefficient (Wildman–Crippen LogP) is 5.76. The summed E-state index contributed by atoms with van der Waals surface area (Å²) in [4.78, 5) is 15.3. The molecule has 1 aromatic heterocycles. The summed E-state index contributed by atoms with van der Waals surface area (Å²) in [5.74, 6) is -0.0472. The van der Waals surface area contributed by atoms with Gasteiger partial charge >= 0.3 is 6.18 Å². The second-order valence-corrected chi connectivity index (χ2v) is 8.75. The van der Waals surface area contributed by atoms with Crippen LogP contribution in [0.2, 0.25) is 0 Å². The number of anilines is 1. The van der Waals surface area contributed by atoms with E-state index in [-0.39, 0.29) is 23.6 Å². The van der Waals surface area contributed by atoms with Crippen LogP contribution in [0.5, 0.6) is 11.5 Å². The predicted molar refractivity (Wildman–Crippen MR) is 139 cm³/mol. The van der Waals surface area contributed by atoms with E-state index in [1.807, 2.05) is 49.3 Å². The van der Waals surface area contributed by atoms with Gasteiger partial charge in [-0.1, -0.05) is 30.3 Å². The standard InChI is InChI=1S/C28H27F3N4O3/c1-34(2)12-13-38-24-16-20(28(29,30)31)15-21(17-24)32-27(36)25-18-35(22-9-5-4-6-10-22)33-26(25)19-8-7-11-23(14-19)37-3/h4-11,14-18H,12-13H2,1-3H3,(H,32,36). The minimum atomic E-state index is -4.62. The number of benzene rings is 3. The third-order valence-corrected chi connectivity index (χ3v) is 5.62. The molecule has 1 amide bonds. The van der Waals surface area contributed by atoms with Crippen LogP contribution >= 0.6 is 0 Å². The van der Waals surface area contributed by atoms with Crippen molar-refractivity contribution < 1.29 is 27.4 Å². The molecule has 3 aromatic carbocycles. The number of aromatic nitrogens is 2. The number of nitrogens with one attached hydrogen (secondary N) is 1. The second-order valence-electron chi connectivity index (χ2n) is 8.75. The number of para-hydroxylation sites is 1. The van der Waals surface area contributed by atoms with Crippen molar-refractivity contribution in [2.75, 3.05) is 39.7 Å². The molecule has 38 heavy (non-hydrogen) atoms. The Bertz CT molecular complexity index is 1400. The van der Waals surface area contributed by atoms with Gasteiger partial charge in [0.05, 0.1) is 23.9 Å². The smallest absolute Gasteiger partial charge is 0.416 e. The molecule has 0 aliphatic heterocycles. The summed E-state index contributed by atoms with van der Waals surface area (Å²) >= 11 is 0. The van der Waals surface area contributed by atoms with E-state index in [9.17, 15) is 18.0 Å². The van der Waals surface area contributed by atoms with Crippen LogP contribution in [0, 0.1) is 0 Å². The summed E-state index contributed by atoms with van der Waals surface area (Å²) < 4.78 is 53.2. The summed E-state index contributed by atoms with van der Waals surface area (Å²) in [5.41, 5.74) is 0.874. The lowest BCUT2D eigenvalue weighted by Crippen LogP contribution is -2.20. The van der Waals surface area contributed by atoms with Crippen LogP contribution in [0.4, 0.5) is 18.9 Å². The molecule has 1 N–H and O–H groups in total. The lowest BCUT2D eigenvalue weighted by molar-refractivity contribution is -0.137. The minimum absolute atomic E-state index is 0.00461. The zero-order valence-electron chi connectivity index (χ0n) is 21.1. The number of hydrogen-bond acceptors (Lipinski definition) is 5. The van der Waals surface area contributed by atoms with Gasteiger partial charge in [0.25, 0.3) is 5.91 Å². The molecule has 0 aliphatic carbocycles. The SMILES string of the molecule is COc1cccc(-c2nn(-c3ccccc3)cc2C(=O)Nc2cc(OCCN(C)C)cc(C(F)(F)F)c2)c1. The van der Waals surface area contributed by atoms with Crippen LogP contribution in [-0.2, 0) is 6.18 Å². The van der Waals surface area contributed by atoms with E-state index in [1.54, 1.807) is 35.1 Å². The molecular formula is C28H27F3N4O3. The van der Waals surface area contributed by atoms with Gasteiger partial charge in [-0.2, -0.15) is 18.3 Å². The molecule has 0 atom stereocenters. The maximum Gasteiger partial charge on any atom is 0.416 e. The maximum atomic E-state index is 13.6. The van der Waals surface area contributed by atoms with Gasteiger partial charge in [-0.05, 0) is 50.5 Å². The first-order valence-corrected chi connectivity index (χ1v) is 11.7. The van der Waals surface area contributed by atoms with Crippen LogP contribution in [0.3, 0.4) is 0 Å². The molecule has 0 unspecified atom stereocenters. The molecule has 0 saturated heterocycles. The van der Waals surface area contributed by atoms with E-state index in [2.05, 4.69) is 10.4 Å². The van der Waals surface area contributed by atoms with E-state index < -0.39 is 17.6 Å². The topological polar surface area (TPSA) is 68.6 Å². The van der Waals surface area contributed by atoms with Gasteiger partial charge in [0.2, 0.25) is 0 Å². The minimum Gasteiger partial charge on any atom is -0.497 e. The Morgan fingerprint density at radius 1 is 1.00 bits per heavy atom. The van der Waals surface area contributed by atoms with Crippen molar-refractivity contribution in [2.24, 2.45) is 0 Å². The Morgan fingerprint density at radius 2 is 1.76 bits per heavy atom. The quantitative estimate of drug-likeness (QED) is 0.302. The fraction of sp³-hybridized carbons (Fsp3) is 0.214. The summed E-state index contributed by atoms with van der Waals surface area (Å²) in [6.45, 7) is 0.700. The van der Waals surface area contributed by atoms with Crippen molar-refractivity contribution in [3.8, 4) is 28.4 Å². The van der Waals surface area contributed by atoms with E-state index in [0.29, 0.717) is 29.2 Å². The third kappa shape index (κ3) is 6.51. The highest BCUT2D eigenvalue weighted by atomic mass is 19.4. The van der Waals surface area contributed by atoms with Crippen molar-refractivity contribution in [2.45, 2.75) is 6.18 Å². The Labute approximate surface area is 218 Å². The molecule has 7 nitrogen and oxygen atoms in total. The van der Waals surface area contributed by atoms with Gasteiger partial charge in [-0.15, -0.1) is 0 Å². The zero-order valence-corrected chi connectivity index (χ0v) is 21.1. The lowest BCUT2D eigenvalue weighted by atomic mass is 10.1. The number of halogens is 3. The number of nitrogens with zero attached hydrogens (tertiary/aromatic N) is 3. The van der Waals surface area contributed by atoms with Crippen LogP contribution < -0.4 is 14.8 Å². The first kappa shape index (κ1) is 26.7. The molecule has 1 heterocycles. The fourth-order valence-electron chi connectivity index (χ4n) is 3.70. The van der Waals surface area contributed by atoms with Gasteiger partial charge in [-0.25, -0.2) is 4.68 Å². The van der Waals surface area contributed by atoms with Gasteiger partial charge in [0, 0.05) is 30.1 Å².